The Morgan fingerprint density at radius 2 is 2.39 bits per heavy atom. The topological polar surface area (TPSA) is 77.0 Å². The number of ether oxygens (including phenoxy) is 3. The van der Waals surface area contributed by atoms with Crippen molar-refractivity contribution in [2.75, 3.05) is 13.7 Å². The van der Waals surface area contributed by atoms with E-state index in [0.29, 0.717) is 0 Å². The summed E-state index contributed by atoms with van der Waals surface area (Å²) in [5, 5.41) is 12.4. The molecule has 6 nitrogen and oxygen atoms in total. The van der Waals surface area contributed by atoms with Gasteiger partial charge in [0, 0.05) is 13.1 Å². The monoisotopic (exact) mass is 255 g/mol. The molecule has 1 heterocycles. The highest BCUT2D eigenvalue weighted by atomic mass is 16.6. The molecule has 5 unspecified atom stereocenters. The normalized spacial score (nSPS) is 32.8. The minimum absolute atomic E-state index is 0.132. The molecule has 1 saturated heterocycles. The average Bonchev–Trinajstić information content (AvgIpc) is 2.62. The van der Waals surface area contributed by atoms with Gasteiger partial charge in [0.2, 0.25) is 5.91 Å². The Morgan fingerprint density at radius 3 is 2.94 bits per heavy atom. The Morgan fingerprint density at radius 1 is 1.72 bits per heavy atom. The van der Waals surface area contributed by atoms with Crippen LogP contribution in [0.5, 0.6) is 0 Å². The number of rotatable bonds is 6. The van der Waals surface area contributed by atoms with Gasteiger partial charge < -0.3 is 24.6 Å². The Labute approximate surface area is 108 Å². The van der Waals surface area contributed by atoms with Crippen LogP contribution in [0.1, 0.15) is 6.92 Å². The van der Waals surface area contributed by atoms with E-state index in [-0.39, 0.29) is 12.5 Å². The summed E-state index contributed by atoms with van der Waals surface area (Å²) < 4.78 is 15.7. The molecule has 0 aromatic heterocycles. The predicted molar refractivity (Wildman–Crippen MR) is 65.0 cm³/mol. The first-order chi connectivity index (χ1) is 8.51. The zero-order valence-corrected chi connectivity index (χ0v) is 10.5. The number of carbonyl (C=O) groups is 1. The van der Waals surface area contributed by atoms with Crippen molar-refractivity contribution >= 4 is 13.8 Å². The summed E-state index contributed by atoms with van der Waals surface area (Å²) in [4.78, 5) is 11.3. The van der Waals surface area contributed by atoms with Crippen LogP contribution >= 0.6 is 0 Å². The van der Waals surface area contributed by atoms with Crippen molar-refractivity contribution in [3.63, 3.8) is 0 Å². The fourth-order valence-corrected chi connectivity index (χ4v) is 1.73. The molecule has 0 aliphatic carbocycles. The summed E-state index contributed by atoms with van der Waals surface area (Å²) in [5.74, 6) is -0.291. The van der Waals surface area contributed by atoms with Gasteiger partial charge in [-0.3, -0.25) is 4.79 Å². The fraction of sp³-hybridized carbons (Fsp3) is 0.727. The number of carbonyl (C=O) groups excluding carboxylic acids is 1. The largest absolute Gasteiger partial charge is 0.499 e. The molecule has 18 heavy (non-hydrogen) atoms. The lowest BCUT2D eigenvalue weighted by Crippen LogP contribution is -2.42. The zero-order valence-electron chi connectivity index (χ0n) is 10.5. The van der Waals surface area contributed by atoms with E-state index in [9.17, 15) is 9.90 Å². The van der Waals surface area contributed by atoms with E-state index in [1.165, 1.54) is 13.3 Å². The van der Waals surface area contributed by atoms with Crippen molar-refractivity contribution < 1.29 is 24.1 Å². The van der Waals surface area contributed by atoms with Crippen LogP contribution in [-0.2, 0) is 19.0 Å². The third kappa shape index (κ3) is 3.47. The van der Waals surface area contributed by atoms with Gasteiger partial charge in [0.05, 0.1) is 6.26 Å². The maximum Gasteiger partial charge on any atom is 0.248 e. The Bertz CT molecular complexity index is 301. The first-order valence-corrected chi connectivity index (χ1v) is 5.70. The highest BCUT2D eigenvalue weighted by Gasteiger charge is 2.43. The minimum Gasteiger partial charge on any atom is -0.499 e. The van der Waals surface area contributed by atoms with E-state index in [1.54, 1.807) is 6.92 Å². The maximum atomic E-state index is 11.3. The van der Waals surface area contributed by atoms with E-state index >= 15 is 0 Å². The van der Waals surface area contributed by atoms with Gasteiger partial charge in [-0.1, -0.05) is 6.58 Å². The number of amides is 1. The number of aliphatic hydroxyl groups is 1. The van der Waals surface area contributed by atoms with E-state index in [2.05, 4.69) is 11.9 Å². The highest BCUT2D eigenvalue weighted by Crippen LogP contribution is 2.23. The van der Waals surface area contributed by atoms with Gasteiger partial charge in [-0.15, -0.1) is 0 Å². The maximum absolute atomic E-state index is 11.3. The van der Waals surface area contributed by atoms with Gasteiger partial charge >= 0.3 is 0 Å². The molecule has 7 heteroatoms. The van der Waals surface area contributed by atoms with Gasteiger partial charge in [0.1, 0.15) is 38.9 Å². The predicted octanol–water partition coefficient (Wildman–Crippen LogP) is -1.08. The summed E-state index contributed by atoms with van der Waals surface area (Å²) in [5.41, 5.74) is 0. The number of aliphatic hydroxyl groups excluding tert-OH is 1. The molecule has 2 N–H and O–H groups in total. The van der Waals surface area contributed by atoms with Crippen LogP contribution in [-0.4, -0.2) is 62.9 Å². The summed E-state index contributed by atoms with van der Waals surface area (Å²) >= 11 is 0. The van der Waals surface area contributed by atoms with E-state index < -0.39 is 30.4 Å². The second-order valence-electron chi connectivity index (χ2n) is 3.99. The summed E-state index contributed by atoms with van der Waals surface area (Å²) in [6, 6.07) is -0.800. The van der Waals surface area contributed by atoms with Crippen molar-refractivity contribution in [2.45, 2.75) is 37.3 Å². The molecule has 1 aliphatic rings. The summed E-state index contributed by atoms with van der Waals surface area (Å²) in [7, 11) is 7.21. The zero-order chi connectivity index (χ0) is 13.7. The van der Waals surface area contributed by atoms with Crippen molar-refractivity contribution in [1.29, 1.82) is 0 Å². The number of nitrogens with one attached hydrogen (secondary N) is 1. The third-order valence-corrected chi connectivity index (χ3v) is 2.73. The molecule has 0 saturated carbocycles. The number of likely N-dealkylation sites (N-methyl/N-ethyl adjacent to an activating group) is 1. The molecule has 1 aliphatic heterocycles. The lowest BCUT2D eigenvalue weighted by molar-refractivity contribution is -0.138. The second-order valence-corrected chi connectivity index (χ2v) is 3.99. The molecular formula is C11H18BNO5. The van der Waals surface area contributed by atoms with E-state index in [0.717, 1.165) is 0 Å². The molecular weight excluding hydrogens is 237 g/mol. The molecule has 2 radical (unpaired) electrons. The van der Waals surface area contributed by atoms with Crippen LogP contribution in [0, 0.1) is 0 Å². The van der Waals surface area contributed by atoms with Gasteiger partial charge in [0.25, 0.3) is 0 Å². The van der Waals surface area contributed by atoms with E-state index in [1.807, 2.05) is 0 Å². The van der Waals surface area contributed by atoms with Crippen LogP contribution in [0.15, 0.2) is 12.8 Å². The van der Waals surface area contributed by atoms with Crippen LogP contribution in [0.2, 0.25) is 0 Å². The summed E-state index contributed by atoms with van der Waals surface area (Å²) in [6.07, 6.45) is -1.78. The van der Waals surface area contributed by atoms with Gasteiger partial charge in [-0.2, -0.15) is 0 Å². The number of hydrogen-bond acceptors (Lipinski definition) is 5. The molecule has 0 spiro atoms. The third-order valence-electron chi connectivity index (χ3n) is 2.73. The van der Waals surface area contributed by atoms with Crippen LogP contribution in [0.4, 0.5) is 0 Å². The van der Waals surface area contributed by atoms with Gasteiger partial charge in [0.15, 0.2) is 0 Å². The molecule has 1 fully saturated rings. The molecule has 5 atom stereocenters. The first kappa shape index (κ1) is 15.0. The van der Waals surface area contributed by atoms with E-state index in [4.69, 9.17) is 22.1 Å². The lowest BCUT2D eigenvalue weighted by atomic mass is 9.92. The van der Waals surface area contributed by atoms with Crippen LogP contribution < -0.4 is 5.32 Å². The molecule has 1 amide bonds. The molecule has 0 bridgehead atoms. The minimum atomic E-state index is -0.952. The Balaban J connectivity index is 2.55. The highest BCUT2D eigenvalue weighted by molar-refractivity contribution is 6.11. The lowest BCUT2D eigenvalue weighted by Gasteiger charge is -2.22. The number of hydrogen-bond donors (Lipinski definition) is 2. The molecule has 0 aromatic carbocycles. The van der Waals surface area contributed by atoms with Crippen LogP contribution in [0.3, 0.4) is 0 Å². The van der Waals surface area contributed by atoms with Crippen molar-refractivity contribution in [3.8, 4) is 0 Å². The average molecular weight is 255 g/mol. The second kappa shape index (κ2) is 6.77. The van der Waals surface area contributed by atoms with Crippen molar-refractivity contribution in [1.82, 2.24) is 5.32 Å². The molecule has 1 rings (SSSR count). The first-order valence-electron chi connectivity index (χ1n) is 5.70. The standard InChI is InChI=1S/C11H18BNO5/c1-4-16-5-7-8(14)9(10(12)18-7)17-6(2)11(15)13-3/h4,6-10,14H,1,5H2,2-3H3,(H,13,15). The van der Waals surface area contributed by atoms with Gasteiger partial charge in [-0.25, -0.2) is 0 Å². The quantitative estimate of drug-likeness (QED) is 0.466. The van der Waals surface area contributed by atoms with Gasteiger partial charge in [-0.05, 0) is 6.92 Å². The fourth-order valence-electron chi connectivity index (χ4n) is 1.73. The Hall–Kier alpha value is -1.05. The van der Waals surface area contributed by atoms with Crippen molar-refractivity contribution in [3.05, 3.63) is 12.8 Å². The molecule has 0 aromatic rings. The summed E-state index contributed by atoms with van der Waals surface area (Å²) in [6.45, 7) is 5.10. The smallest absolute Gasteiger partial charge is 0.248 e. The molecule has 100 valence electrons. The van der Waals surface area contributed by atoms with Crippen molar-refractivity contribution in [2.24, 2.45) is 0 Å². The SMILES string of the molecule is [B]C1OC(COC=C)C(O)C1OC(C)C(=O)NC. The van der Waals surface area contributed by atoms with Crippen LogP contribution in [0.25, 0.3) is 0 Å². The Kier molecular flexibility index (Phi) is 5.65.